The van der Waals surface area contributed by atoms with Gasteiger partial charge in [0.1, 0.15) is 5.75 Å². The molecule has 8 heteroatoms. The third-order valence-electron chi connectivity index (χ3n) is 3.14. The molecule has 1 aromatic heterocycles. The monoisotopic (exact) mass is 330 g/mol. The highest BCUT2D eigenvalue weighted by Gasteiger charge is 2.11. The molecule has 0 saturated heterocycles. The Labute approximate surface area is 140 Å². The van der Waals surface area contributed by atoms with Crippen LogP contribution in [0.15, 0.2) is 29.4 Å². The van der Waals surface area contributed by atoms with E-state index in [2.05, 4.69) is 39.3 Å². The summed E-state index contributed by atoms with van der Waals surface area (Å²) in [4.78, 5) is 14.2. The summed E-state index contributed by atoms with van der Waals surface area (Å²) in [6.07, 6.45) is 3.32. The van der Waals surface area contributed by atoms with Crippen LogP contribution in [0.3, 0.4) is 0 Å². The predicted octanol–water partition coefficient (Wildman–Crippen LogP) is 2.36. The Morgan fingerprint density at radius 1 is 1.04 bits per heavy atom. The number of benzene rings is 1. The minimum Gasteiger partial charge on any atom is -0.508 e. The summed E-state index contributed by atoms with van der Waals surface area (Å²) >= 11 is 0. The van der Waals surface area contributed by atoms with E-state index in [0.717, 1.165) is 25.9 Å². The molecule has 8 nitrogen and oxygen atoms in total. The van der Waals surface area contributed by atoms with Crippen molar-refractivity contribution in [3.05, 3.63) is 30.1 Å². The van der Waals surface area contributed by atoms with Crippen molar-refractivity contribution in [1.29, 1.82) is 0 Å². The summed E-state index contributed by atoms with van der Waals surface area (Å²) in [5.74, 6) is 0.891. The molecule has 0 amide bonds. The van der Waals surface area contributed by atoms with Crippen molar-refractivity contribution in [2.75, 3.05) is 23.4 Å². The molecule has 0 unspecified atom stereocenters. The third-order valence-corrected chi connectivity index (χ3v) is 3.14. The Morgan fingerprint density at radius 3 is 2.33 bits per heavy atom. The first-order valence-electron chi connectivity index (χ1n) is 7.90. The van der Waals surface area contributed by atoms with Crippen LogP contribution in [0.1, 0.15) is 32.5 Å². The highest BCUT2D eigenvalue weighted by Crippen LogP contribution is 2.14. The van der Waals surface area contributed by atoms with Crippen LogP contribution >= 0.6 is 0 Å². The quantitative estimate of drug-likeness (QED) is 0.387. The van der Waals surface area contributed by atoms with Crippen LogP contribution in [-0.4, -0.2) is 44.5 Å². The van der Waals surface area contributed by atoms with E-state index in [-0.39, 0.29) is 17.6 Å². The number of hydrogen-bond donors (Lipinski definition) is 3. The molecule has 0 radical (unpaired) electrons. The number of aromatic hydroxyl groups is 2. The van der Waals surface area contributed by atoms with E-state index in [1.165, 1.54) is 6.21 Å². The van der Waals surface area contributed by atoms with Crippen molar-refractivity contribution in [1.82, 2.24) is 15.0 Å². The minimum absolute atomic E-state index is 0.184. The van der Waals surface area contributed by atoms with Gasteiger partial charge in [0.05, 0.1) is 11.9 Å². The van der Waals surface area contributed by atoms with Crippen LogP contribution in [0.4, 0.5) is 11.6 Å². The van der Waals surface area contributed by atoms with Crippen LogP contribution < -0.4 is 10.3 Å². The standard InChI is InChI=1S/C16H22N6O2/c1-3-9-22(10-4-2)15-18-14(19-16(24)20-15)11-17-21-12-5-7-13(23)8-6-12/h5-8,11,21,23H,3-4,9-10H2,1-2H3,(H,18,19,20,24)/b17-11+. The first-order chi connectivity index (χ1) is 11.6. The maximum atomic E-state index is 9.73. The Hall–Kier alpha value is -2.90. The van der Waals surface area contributed by atoms with Crippen LogP contribution in [0.2, 0.25) is 0 Å². The Balaban J connectivity index is 2.11. The molecule has 0 fully saturated rings. The lowest BCUT2D eigenvalue weighted by molar-refractivity contribution is 0.426. The van der Waals surface area contributed by atoms with Crippen molar-refractivity contribution in [3.63, 3.8) is 0 Å². The molecular formula is C16H22N6O2. The molecule has 3 N–H and O–H groups in total. The van der Waals surface area contributed by atoms with Crippen molar-refractivity contribution < 1.29 is 10.2 Å². The Morgan fingerprint density at radius 2 is 1.71 bits per heavy atom. The molecule has 0 spiro atoms. The minimum atomic E-state index is -0.330. The van der Waals surface area contributed by atoms with Crippen LogP contribution in [0.5, 0.6) is 11.8 Å². The number of nitrogens with zero attached hydrogens (tertiary/aromatic N) is 5. The summed E-state index contributed by atoms with van der Waals surface area (Å²) in [6.45, 7) is 5.76. The number of hydrogen-bond acceptors (Lipinski definition) is 8. The van der Waals surface area contributed by atoms with Gasteiger partial charge in [-0.3, -0.25) is 5.43 Å². The van der Waals surface area contributed by atoms with Gasteiger partial charge in [0.25, 0.3) is 0 Å². The average Bonchev–Trinajstić information content (AvgIpc) is 2.56. The van der Waals surface area contributed by atoms with E-state index < -0.39 is 0 Å². The summed E-state index contributed by atoms with van der Waals surface area (Å²) in [5, 5.41) is 23.0. The molecule has 0 aliphatic rings. The van der Waals surface area contributed by atoms with Crippen LogP contribution in [0, 0.1) is 0 Å². The van der Waals surface area contributed by atoms with Gasteiger partial charge in [0.15, 0.2) is 5.82 Å². The summed E-state index contributed by atoms with van der Waals surface area (Å²) < 4.78 is 0. The fraction of sp³-hybridized carbons (Fsp3) is 0.375. The van der Waals surface area contributed by atoms with E-state index in [9.17, 15) is 10.2 Å². The van der Waals surface area contributed by atoms with Gasteiger partial charge >= 0.3 is 6.01 Å². The van der Waals surface area contributed by atoms with E-state index in [1.54, 1.807) is 24.3 Å². The molecule has 2 rings (SSSR count). The Kier molecular flexibility index (Phi) is 6.30. The zero-order valence-corrected chi connectivity index (χ0v) is 13.8. The molecule has 0 aliphatic heterocycles. The largest absolute Gasteiger partial charge is 0.508 e. The molecule has 0 bridgehead atoms. The molecule has 1 heterocycles. The SMILES string of the molecule is CCCN(CCC)c1nc(O)nc(/C=N/Nc2ccc(O)cc2)n1. The average molecular weight is 330 g/mol. The molecule has 0 saturated carbocycles. The van der Waals surface area contributed by atoms with Gasteiger partial charge in [0.2, 0.25) is 5.95 Å². The zero-order chi connectivity index (χ0) is 17.4. The third kappa shape index (κ3) is 5.08. The fourth-order valence-corrected chi connectivity index (χ4v) is 2.12. The molecule has 128 valence electrons. The molecule has 1 aromatic carbocycles. The Bertz CT molecular complexity index is 669. The van der Waals surface area contributed by atoms with E-state index >= 15 is 0 Å². The predicted molar refractivity (Wildman–Crippen MR) is 93.6 cm³/mol. The topological polar surface area (TPSA) is 107 Å². The van der Waals surface area contributed by atoms with Gasteiger partial charge in [-0.15, -0.1) is 0 Å². The lowest BCUT2D eigenvalue weighted by atomic mass is 10.3. The van der Waals surface area contributed by atoms with E-state index in [1.807, 2.05) is 4.90 Å². The normalized spacial score (nSPS) is 10.9. The number of phenolic OH excluding ortho intramolecular Hbond substituents is 1. The zero-order valence-electron chi connectivity index (χ0n) is 13.8. The first kappa shape index (κ1) is 17.5. The summed E-state index contributed by atoms with van der Waals surface area (Å²) in [5.41, 5.74) is 3.51. The second-order valence-corrected chi connectivity index (χ2v) is 5.20. The van der Waals surface area contributed by atoms with Gasteiger partial charge < -0.3 is 15.1 Å². The highest BCUT2D eigenvalue weighted by atomic mass is 16.3. The summed E-state index contributed by atoms with van der Waals surface area (Å²) in [7, 11) is 0. The lowest BCUT2D eigenvalue weighted by Crippen LogP contribution is -2.27. The first-order valence-corrected chi connectivity index (χ1v) is 7.90. The van der Waals surface area contributed by atoms with E-state index in [0.29, 0.717) is 11.6 Å². The number of rotatable bonds is 8. The number of anilines is 2. The number of phenols is 1. The molecular weight excluding hydrogens is 308 g/mol. The van der Waals surface area contributed by atoms with E-state index in [4.69, 9.17) is 0 Å². The molecule has 2 aromatic rings. The van der Waals surface area contributed by atoms with Crippen LogP contribution in [-0.2, 0) is 0 Å². The number of hydrazone groups is 1. The maximum Gasteiger partial charge on any atom is 0.319 e. The highest BCUT2D eigenvalue weighted by molar-refractivity contribution is 5.75. The van der Waals surface area contributed by atoms with Gasteiger partial charge in [-0.05, 0) is 37.1 Å². The molecule has 24 heavy (non-hydrogen) atoms. The van der Waals surface area contributed by atoms with Crippen molar-refractivity contribution in [2.24, 2.45) is 5.10 Å². The second kappa shape index (κ2) is 8.66. The van der Waals surface area contributed by atoms with Gasteiger partial charge in [-0.1, -0.05) is 13.8 Å². The van der Waals surface area contributed by atoms with Gasteiger partial charge in [-0.2, -0.15) is 20.1 Å². The summed E-state index contributed by atoms with van der Waals surface area (Å²) in [6, 6.07) is 6.15. The molecule has 0 atom stereocenters. The second-order valence-electron chi connectivity index (χ2n) is 5.20. The van der Waals surface area contributed by atoms with Gasteiger partial charge in [-0.25, -0.2) is 0 Å². The molecule has 0 aliphatic carbocycles. The lowest BCUT2D eigenvalue weighted by Gasteiger charge is -2.21. The van der Waals surface area contributed by atoms with Gasteiger partial charge in [0, 0.05) is 13.1 Å². The number of aromatic nitrogens is 3. The fourth-order valence-electron chi connectivity index (χ4n) is 2.12. The smallest absolute Gasteiger partial charge is 0.319 e. The van der Waals surface area contributed by atoms with Crippen molar-refractivity contribution in [3.8, 4) is 11.8 Å². The number of nitrogens with one attached hydrogen (secondary N) is 1. The van der Waals surface area contributed by atoms with Crippen LogP contribution in [0.25, 0.3) is 0 Å². The van der Waals surface area contributed by atoms with Crippen molar-refractivity contribution in [2.45, 2.75) is 26.7 Å². The van der Waals surface area contributed by atoms with Crippen molar-refractivity contribution >= 4 is 17.9 Å². The maximum absolute atomic E-state index is 9.73.